The van der Waals surface area contributed by atoms with Crippen LogP contribution < -0.4 is 0 Å². The molecule has 0 spiro atoms. The van der Waals surface area contributed by atoms with Gasteiger partial charge in [-0.2, -0.15) is 5.26 Å². The summed E-state index contributed by atoms with van der Waals surface area (Å²) in [4.78, 5) is 5.14. The summed E-state index contributed by atoms with van der Waals surface area (Å²) < 4.78 is 0. The van der Waals surface area contributed by atoms with E-state index in [0.29, 0.717) is 12.1 Å². The van der Waals surface area contributed by atoms with Crippen LogP contribution in [0.15, 0.2) is 0 Å². The Balaban J connectivity index is 1.46. The lowest BCUT2D eigenvalue weighted by atomic mass is 9.52. The van der Waals surface area contributed by atoms with Gasteiger partial charge in [0.05, 0.1) is 12.6 Å². The fourth-order valence-corrected chi connectivity index (χ4v) is 5.93. The normalized spacial score (nSPS) is 46.4. The number of nitriles is 1. The minimum atomic E-state index is 0.577. The monoisotopic (exact) mass is 259 g/mol. The van der Waals surface area contributed by atoms with Crippen LogP contribution in [0.4, 0.5) is 0 Å². The first kappa shape index (κ1) is 12.2. The molecule has 19 heavy (non-hydrogen) atoms. The smallest absolute Gasteiger partial charge is 0.0866 e. The van der Waals surface area contributed by atoms with Crippen molar-refractivity contribution in [1.82, 2.24) is 9.80 Å². The van der Waals surface area contributed by atoms with Gasteiger partial charge >= 0.3 is 0 Å². The third kappa shape index (κ3) is 2.00. The van der Waals surface area contributed by atoms with E-state index in [0.717, 1.165) is 30.8 Å². The van der Waals surface area contributed by atoms with Crippen molar-refractivity contribution in [1.29, 1.82) is 5.26 Å². The molecule has 3 heteroatoms. The molecule has 4 bridgehead atoms. The first-order valence-corrected chi connectivity index (χ1v) is 8.12. The van der Waals surface area contributed by atoms with Crippen LogP contribution in [-0.4, -0.2) is 48.1 Å². The maximum atomic E-state index is 8.81. The zero-order chi connectivity index (χ0) is 12.9. The van der Waals surface area contributed by atoms with Crippen LogP contribution in [-0.2, 0) is 0 Å². The van der Waals surface area contributed by atoms with Gasteiger partial charge in [0.25, 0.3) is 0 Å². The van der Waals surface area contributed by atoms with E-state index < -0.39 is 0 Å². The Morgan fingerprint density at radius 1 is 0.895 bits per heavy atom. The van der Waals surface area contributed by atoms with Gasteiger partial charge < -0.3 is 0 Å². The third-order valence-corrected chi connectivity index (χ3v) is 6.34. The lowest BCUT2D eigenvalue weighted by Gasteiger charge is -2.61. The Hall–Kier alpha value is -0.590. The standard InChI is InChI=1S/C16H25N3/c17-1-2-18-3-5-19(6-4-18)16-10-13-7-14(11-16)9-15(8-13)12-16/h13-15H,2-12H2. The molecule has 1 heterocycles. The first-order chi connectivity index (χ1) is 9.27. The van der Waals surface area contributed by atoms with E-state index in [1.54, 1.807) is 0 Å². The highest BCUT2D eigenvalue weighted by molar-refractivity contribution is 5.08. The number of rotatable bonds is 2. The second kappa shape index (κ2) is 4.46. The van der Waals surface area contributed by atoms with Crippen molar-refractivity contribution in [2.75, 3.05) is 32.7 Å². The van der Waals surface area contributed by atoms with Crippen LogP contribution >= 0.6 is 0 Å². The molecule has 0 aromatic carbocycles. The molecule has 4 aliphatic carbocycles. The van der Waals surface area contributed by atoms with E-state index in [4.69, 9.17) is 5.26 Å². The molecule has 3 nitrogen and oxygen atoms in total. The Morgan fingerprint density at radius 3 is 1.89 bits per heavy atom. The van der Waals surface area contributed by atoms with Gasteiger partial charge in [0.2, 0.25) is 0 Å². The van der Waals surface area contributed by atoms with Crippen LogP contribution in [0.1, 0.15) is 38.5 Å². The van der Waals surface area contributed by atoms with Gasteiger partial charge in [-0.25, -0.2) is 0 Å². The zero-order valence-electron chi connectivity index (χ0n) is 11.9. The molecule has 0 atom stereocenters. The molecule has 0 aromatic rings. The summed E-state index contributed by atoms with van der Waals surface area (Å²) in [7, 11) is 0. The summed E-state index contributed by atoms with van der Waals surface area (Å²) in [5.74, 6) is 3.13. The minimum absolute atomic E-state index is 0.577. The Labute approximate surface area is 116 Å². The summed E-state index contributed by atoms with van der Waals surface area (Å²) in [6, 6.07) is 2.30. The Kier molecular flexibility index (Phi) is 2.86. The molecule has 4 saturated carbocycles. The van der Waals surface area contributed by atoms with Crippen LogP contribution in [0.5, 0.6) is 0 Å². The van der Waals surface area contributed by atoms with Gasteiger partial charge in [-0.3, -0.25) is 9.80 Å². The van der Waals surface area contributed by atoms with Gasteiger partial charge in [0.15, 0.2) is 0 Å². The van der Waals surface area contributed by atoms with Crippen molar-refractivity contribution >= 4 is 0 Å². The third-order valence-electron chi connectivity index (χ3n) is 6.34. The zero-order valence-corrected chi connectivity index (χ0v) is 11.9. The Morgan fingerprint density at radius 2 is 1.42 bits per heavy atom. The van der Waals surface area contributed by atoms with Gasteiger partial charge in [-0.1, -0.05) is 0 Å². The topological polar surface area (TPSA) is 30.3 Å². The minimum Gasteiger partial charge on any atom is -0.295 e. The van der Waals surface area contributed by atoms with E-state index in [9.17, 15) is 0 Å². The van der Waals surface area contributed by atoms with Crippen molar-refractivity contribution in [2.24, 2.45) is 17.8 Å². The van der Waals surface area contributed by atoms with Crippen LogP contribution in [0.3, 0.4) is 0 Å². The van der Waals surface area contributed by atoms with E-state index in [1.165, 1.54) is 51.6 Å². The molecule has 5 fully saturated rings. The average Bonchev–Trinajstić information content (AvgIpc) is 2.38. The highest BCUT2D eigenvalue weighted by Crippen LogP contribution is 2.57. The summed E-state index contributed by atoms with van der Waals surface area (Å²) >= 11 is 0. The lowest BCUT2D eigenvalue weighted by Crippen LogP contribution is -2.63. The summed E-state index contributed by atoms with van der Waals surface area (Å²) in [5, 5.41) is 8.81. The van der Waals surface area contributed by atoms with E-state index >= 15 is 0 Å². The van der Waals surface area contributed by atoms with Crippen molar-refractivity contribution < 1.29 is 0 Å². The van der Waals surface area contributed by atoms with Crippen molar-refractivity contribution in [3.05, 3.63) is 0 Å². The molecular formula is C16H25N3. The van der Waals surface area contributed by atoms with E-state index in [-0.39, 0.29) is 0 Å². The highest BCUT2D eigenvalue weighted by Gasteiger charge is 2.53. The van der Waals surface area contributed by atoms with Crippen LogP contribution in [0, 0.1) is 29.1 Å². The second-order valence-electron chi connectivity index (χ2n) is 7.56. The predicted octanol–water partition coefficient (Wildman–Crippen LogP) is 2.10. The van der Waals surface area contributed by atoms with Gasteiger partial charge in [-0.15, -0.1) is 0 Å². The maximum absolute atomic E-state index is 8.81. The predicted molar refractivity (Wildman–Crippen MR) is 74.5 cm³/mol. The fraction of sp³-hybridized carbons (Fsp3) is 0.938. The lowest BCUT2D eigenvalue weighted by molar-refractivity contribution is -0.100. The van der Waals surface area contributed by atoms with Crippen molar-refractivity contribution in [3.8, 4) is 6.07 Å². The van der Waals surface area contributed by atoms with Gasteiger partial charge in [0, 0.05) is 31.7 Å². The van der Waals surface area contributed by atoms with Gasteiger partial charge in [0.1, 0.15) is 0 Å². The van der Waals surface area contributed by atoms with Gasteiger partial charge in [-0.05, 0) is 56.3 Å². The molecule has 1 saturated heterocycles. The summed E-state index contributed by atoms with van der Waals surface area (Å²) in [6.45, 7) is 5.24. The molecular weight excluding hydrogens is 234 g/mol. The molecule has 0 amide bonds. The molecule has 0 aromatic heterocycles. The molecule has 0 radical (unpaired) electrons. The quantitative estimate of drug-likeness (QED) is 0.711. The van der Waals surface area contributed by atoms with Crippen LogP contribution in [0.2, 0.25) is 0 Å². The number of nitrogens with zero attached hydrogens (tertiary/aromatic N) is 3. The summed E-state index contributed by atoms with van der Waals surface area (Å²) in [5.41, 5.74) is 0.577. The Bertz CT molecular complexity index is 354. The van der Waals surface area contributed by atoms with E-state index in [2.05, 4.69) is 15.9 Å². The average molecular weight is 259 g/mol. The maximum Gasteiger partial charge on any atom is 0.0866 e. The number of hydrogen-bond donors (Lipinski definition) is 0. The highest BCUT2D eigenvalue weighted by atomic mass is 15.3. The SMILES string of the molecule is N#CCN1CCN(C23CC4CC(CC(C4)C2)C3)CC1. The molecule has 0 N–H and O–H groups in total. The van der Waals surface area contributed by atoms with Crippen LogP contribution in [0.25, 0.3) is 0 Å². The number of hydrogen-bond acceptors (Lipinski definition) is 3. The second-order valence-corrected chi connectivity index (χ2v) is 7.56. The molecule has 0 unspecified atom stereocenters. The molecule has 5 aliphatic rings. The molecule has 1 aliphatic heterocycles. The number of piperazine rings is 1. The summed E-state index contributed by atoms with van der Waals surface area (Å²) in [6.07, 6.45) is 9.06. The van der Waals surface area contributed by atoms with Crippen molar-refractivity contribution in [3.63, 3.8) is 0 Å². The largest absolute Gasteiger partial charge is 0.295 e. The fourth-order valence-electron chi connectivity index (χ4n) is 5.93. The van der Waals surface area contributed by atoms with Crippen molar-refractivity contribution in [2.45, 2.75) is 44.1 Å². The first-order valence-electron chi connectivity index (χ1n) is 8.12. The van der Waals surface area contributed by atoms with E-state index in [1.807, 2.05) is 0 Å². The molecule has 5 rings (SSSR count). The molecule has 104 valence electrons.